The van der Waals surface area contributed by atoms with E-state index in [1.165, 1.54) is 0 Å². The molecule has 0 saturated carbocycles. The maximum absolute atomic E-state index is 10.1. The topological polar surface area (TPSA) is 43.4 Å². The highest BCUT2D eigenvalue weighted by molar-refractivity contribution is 6.19. The third-order valence-electron chi connectivity index (χ3n) is 0.424. The van der Waals surface area contributed by atoms with Crippen LogP contribution in [0.3, 0.4) is 0 Å². The fourth-order valence-electron chi connectivity index (χ4n) is 0.202. The van der Waals surface area contributed by atoms with Gasteiger partial charge in [0.1, 0.15) is 0 Å². The molecule has 0 heterocycles. The lowest BCUT2D eigenvalue weighted by Crippen LogP contribution is -2.07. The van der Waals surface area contributed by atoms with Crippen molar-refractivity contribution in [1.82, 2.24) is 0 Å². The van der Waals surface area contributed by atoms with Crippen LogP contribution in [0.2, 0.25) is 6.32 Å². The molecule has 0 amide bonds. The van der Waals surface area contributed by atoms with Crippen molar-refractivity contribution >= 4 is 19.8 Å². The van der Waals surface area contributed by atoms with Crippen LogP contribution in [-0.2, 0) is 14.3 Å². The van der Waals surface area contributed by atoms with E-state index in [2.05, 4.69) is 4.74 Å². The summed E-state index contributed by atoms with van der Waals surface area (Å²) in [5.41, 5.74) is 0. The summed E-state index contributed by atoms with van der Waals surface area (Å²) in [4.78, 5) is 20.0. The van der Waals surface area contributed by atoms with Crippen molar-refractivity contribution in [2.75, 3.05) is 0 Å². The average Bonchev–Trinajstić information content (AvgIpc) is 1.65. The normalized spacial score (nSPS) is 8.12. The van der Waals surface area contributed by atoms with Gasteiger partial charge in [0.05, 0.1) is 7.85 Å². The molecule has 8 heavy (non-hydrogen) atoms. The summed E-state index contributed by atoms with van der Waals surface area (Å²) in [7, 11) is 4.79. The molecule has 0 aliphatic rings. The highest BCUT2D eigenvalue weighted by Gasteiger charge is 1.99. The number of esters is 2. The molecule has 3 nitrogen and oxygen atoms in total. The number of carbonyl (C=O) groups is 2. The molecular formula is C4H5BO3. The number of hydrogen-bond acceptors (Lipinski definition) is 3. The monoisotopic (exact) mass is 112 g/mol. The van der Waals surface area contributed by atoms with Gasteiger partial charge >= 0.3 is 11.9 Å². The first kappa shape index (κ1) is 7.20. The van der Waals surface area contributed by atoms with Crippen molar-refractivity contribution in [1.29, 1.82) is 0 Å². The Labute approximate surface area is 48.4 Å². The van der Waals surface area contributed by atoms with E-state index in [-0.39, 0.29) is 6.32 Å². The number of carbonyl (C=O) groups excluding carboxylic acids is 2. The van der Waals surface area contributed by atoms with Crippen molar-refractivity contribution in [3.63, 3.8) is 0 Å². The van der Waals surface area contributed by atoms with E-state index >= 15 is 0 Å². The van der Waals surface area contributed by atoms with Gasteiger partial charge in [-0.25, -0.2) is 0 Å². The minimum Gasteiger partial charge on any atom is -0.394 e. The first-order valence-electron chi connectivity index (χ1n) is 2.08. The van der Waals surface area contributed by atoms with E-state index < -0.39 is 11.9 Å². The lowest BCUT2D eigenvalue weighted by atomic mass is 10.1. The van der Waals surface area contributed by atoms with E-state index in [4.69, 9.17) is 7.85 Å². The predicted octanol–water partition coefficient (Wildman–Crippen LogP) is -0.337. The molecule has 0 atom stereocenters. The lowest BCUT2D eigenvalue weighted by Gasteiger charge is -1.92. The molecular weight excluding hydrogens is 107 g/mol. The molecule has 0 saturated heterocycles. The zero-order valence-electron chi connectivity index (χ0n) is 4.51. The summed E-state index contributed by atoms with van der Waals surface area (Å²) in [6, 6.07) is 0. The molecule has 0 aliphatic heterocycles. The SMILES string of the molecule is [B]CC(=O)OC(C)=O. The Balaban J connectivity index is 3.40. The molecule has 0 spiro atoms. The molecule has 2 radical (unpaired) electrons. The second-order valence-electron chi connectivity index (χ2n) is 1.17. The Morgan fingerprint density at radius 3 is 2.25 bits per heavy atom. The molecule has 0 aromatic rings. The minimum atomic E-state index is -0.697. The first-order valence-corrected chi connectivity index (χ1v) is 2.08. The van der Waals surface area contributed by atoms with Crippen LogP contribution >= 0.6 is 0 Å². The summed E-state index contributed by atoms with van der Waals surface area (Å²) in [5.74, 6) is -1.32. The van der Waals surface area contributed by atoms with Gasteiger partial charge < -0.3 is 4.74 Å². The molecule has 0 fully saturated rings. The van der Waals surface area contributed by atoms with Crippen LogP contribution in [0.1, 0.15) is 6.92 Å². The van der Waals surface area contributed by atoms with Gasteiger partial charge in [-0.1, -0.05) is 0 Å². The fourth-order valence-corrected chi connectivity index (χ4v) is 0.202. The fraction of sp³-hybridized carbons (Fsp3) is 0.500. The van der Waals surface area contributed by atoms with Crippen LogP contribution in [0, 0.1) is 0 Å². The van der Waals surface area contributed by atoms with Crippen molar-refractivity contribution in [3.05, 3.63) is 0 Å². The first-order chi connectivity index (χ1) is 3.66. The summed E-state index contributed by atoms with van der Waals surface area (Å²) < 4.78 is 4.00. The van der Waals surface area contributed by atoms with Crippen molar-refractivity contribution in [2.45, 2.75) is 13.2 Å². The summed E-state index contributed by atoms with van der Waals surface area (Å²) in [6.45, 7) is 1.15. The lowest BCUT2D eigenvalue weighted by molar-refractivity contribution is -0.156. The maximum Gasteiger partial charge on any atom is 0.310 e. The zero-order valence-corrected chi connectivity index (χ0v) is 4.51. The number of hydrogen-bond donors (Lipinski definition) is 0. The van der Waals surface area contributed by atoms with Crippen LogP contribution in [0.5, 0.6) is 0 Å². The largest absolute Gasteiger partial charge is 0.394 e. The summed E-state index contributed by atoms with van der Waals surface area (Å²) in [6.07, 6.45) is -0.250. The van der Waals surface area contributed by atoms with Crippen LogP contribution < -0.4 is 0 Å². The van der Waals surface area contributed by atoms with Crippen molar-refractivity contribution in [2.24, 2.45) is 0 Å². The van der Waals surface area contributed by atoms with E-state index in [1.54, 1.807) is 0 Å². The highest BCUT2D eigenvalue weighted by Crippen LogP contribution is 1.81. The van der Waals surface area contributed by atoms with E-state index in [0.29, 0.717) is 0 Å². The van der Waals surface area contributed by atoms with Gasteiger partial charge in [0, 0.05) is 13.2 Å². The van der Waals surface area contributed by atoms with E-state index in [9.17, 15) is 9.59 Å². The number of ether oxygens (including phenoxy) is 1. The Bertz CT molecular complexity index is 110. The molecule has 0 N–H and O–H groups in total. The van der Waals surface area contributed by atoms with Gasteiger partial charge in [0.25, 0.3) is 0 Å². The summed E-state index contributed by atoms with van der Waals surface area (Å²) >= 11 is 0. The van der Waals surface area contributed by atoms with Crippen LogP contribution in [0.4, 0.5) is 0 Å². The quantitative estimate of drug-likeness (QED) is 0.265. The van der Waals surface area contributed by atoms with Gasteiger partial charge in [0.2, 0.25) is 0 Å². The van der Waals surface area contributed by atoms with Gasteiger partial charge in [0.15, 0.2) is 0 Å². The predicted molar refractivity (Wildman–Crippen MR) is 27.3 cm³/mol. The standard InChI is InChI=1S/C4H5BO3/c1-3(6)8-4(7)2-5/h2H2,1H3. The maximum atomic E-state index is 10.1. The second-order valence-corrected chi connectivity index (χ2v) is 1.17. The van der Waals surface area contributed by atoms with Gasteiger partial charge in [-0.2, -0.15) is 0 Å². The molecule has 0 unspecified atom stereocenters. The molecule has 0 aliphatic carbocycles. The molecule has 4 heteroatoms. The number of rotatable bonds is 1. The van der Waals surface area contributed by atoms with Crippen LogP contribution in [0.25, 0.3) is 0 Å². The Morgan fingerprint density at radius 2 is 2.12 bits per heavy atom. The molecule has 0 bridgehead atoms. The van der Waals surface area contributed by atoms with E-state index in [1.807, 2.05) is 0 Å². The van der Waals surface area contributed by atoms with Gasteiger partial charge in [-0.05, 0) is 0 Å². The molecule has 0 rings (SSSR count). The van der Waals surface area contributed by atoms with E-state index in [0.717, 1.165) is 6.92 Å². The van der Waals surface area contributed by atoms with Crippen LogP contribution in [-0.4, -0.2) is 19.8 Å². The van der Waals surface area contributed by atoms with Crippen molar-refractivity contribution in [3.8, 4) is 0 Å². The Morgan fingerprint density at radius 1 is 1.62 bits per heavy atom. The third kappa shape index (κ3) is 3.40. The van der Waals surface area contributed by atoms with Crippen LogP contribution in [0.15, 0.2) is 0 Å². The van der Waals surface area contributed by atoms with Gasteiger partial charge in [-0.15, -0.1) is 0 Å². The smallest absolute Gasteiger partial charge is 0.310 e. The molecule has 0 aromatic carbocycles. The van der Waals surface area contributed by atoms with Gasteiger partial charge in [-0.3, -0.25) is 9.59 Å². The minimum absolute atomic E-state index is 0.250. The second kappa shape index (κ2) is 3.24. The molecule has 0 aromatic heterocycles. The highest BCUT2D eigenvalue weighted by atomic mass is 16.6. The molecule has 42 valence electrons. The Kier molecular flexibility index (Phi) is 2.92. The third-order valence-corrected chi connectivity index (χ3v) is 0.424. The van der Waals surface area contributed by atoms with Crippen molar-refractivity contribution < 1.29 is 14.3 Å². The average molecular weight is 112 g/mol. The summed E-state index contributed by atoms with van der Waals surface area (Å²) in [5, 5.41) is 0. The Hall–Kier alpha value is -0.795. The zero-order chi connectivity index (χ0) is 6.57.